The van der Waals surface area contributed by atoms with Crippen molar-refractivity contribution in [3.05, 3.63) is 41.2 Å². The monoisotopic (exact) mass is 489 g/mol. The van der Waals surface area contributed by atoms with Crippen molar-refractivity contribution in [2.24, 2.45) is 5.41 Å². The van der Waals surface area contributed by atoms with Crippen LogP contribution in [-0.4, -0.2) is 78.0 Å². The number of benzene rings is 1. The predicted octanol–water partition coefficient (Wildman–Crippen LogP) is 2.43. The molecule has 1 aromatic heterocycles. The summed E-state index contributed by atoms with van der Waals surface area (Å²) in [6.45, 7) is 2.57. The number of likely N-dealkylation sites (tertiary alicyclic amines) is 2. The molecular formula is C23H28FN5O4S. The molecule has 2 amide bonds. The molecule has 1 spiro atoms. The zero-order valence-corrected chi connectivity index (χ0v) is 19.9. The van der Waals surface area contributed by atoms with Gasteiger partial charge < -0.3 is 19.5 Å². The molecule has 4 aliphatic rings. The summed E-state index contributed by atoms with van der Waals surface area (Å²) in [5, 5.41) is 8.62. The van der Waals surface area contributed by atoms with Crippen molar-refractivity contribution >= 4 is 15.9 Å². The van der Waals surface area contributed by atoms with E-state index in [0.717, 1.165) is 49.9 Å². The lowest BCUT2D eigenvalue weighted by Gasteiger charge is -2.59. The van der Waals surface area contributed by atoms with E-state index in [4.69, 9.17) is 4.74 Å². The van der Waals surface area contributed by atoms with Crippen LogP contribution in [0.2, 0.25) is 0 Å². The first kappa shape index (κ1) is 22.0. The molecule has 1 N–H and O–H groups in total. The van der Waals surface area contributed by atoms with Crippen molar-refractivity contribution < 1.29 is 22.3 Å². The van der Waals surface area contributed by atoms with Crippen LogP contribution in [0.15, 0.2) is 23.1 Å². The van der Waals surface area contributed by atoms with Gasteiger partial charge in [-0.25, -0.2) is 17.6 Å². The van der Waals surface area contributed by atoms with E-state index in [1.165, 1.54) is 25.0 Å². The molecule has 2 aliphatic carbocycles. The van der Waals surface area contributed by atoms with Crippen molar-refractivity contribution in [2.45, 2.75) is 55.1 Å². The molecule has 11 heteroatoms. The fraction of sp³-hybridized carbons (Fsp3) is 0.609. The number of sulfone groups is 1. The maximum atomic E-state index is 14.2. The second-order valence-corrected chi connectivity index (χ2v) is 12.5. The summed E-state index contributed by atoms with van der Waals surface area (Å²) >= 11 is 0. The molecule has 2 saturated carbocycles. The van der Waals surface area contributed by atoms with E-state index in [1.54, 1.807) is 4.90 Å². The Kier molecular flexibility index (Phi) is 5.00. The van der Waals surface area contributed by atoms with Crippen LogP contribution in [0.1, 0.15) is 54.7 Å². The summed E-state index contributed by atoms with van der Waals surface area (Å²) in [7, 11) is -3.45. The molecule has 34 heavy (non-hydrogen) atoms. The minimum Gasteiger partial charge on any atom is -0.370 e. The standard InChI is InChI=1S/C23H28FN5O4S/c1-34(31,32)18-5-4-15(19(24)6-18)11-33-17-9-28(10-17)22(30)29-12-23(13-29)7-16(8-23)21-25-20(26-27-21)14-2-3-14/h4-6,14,16-17H,2-3,7-13H2,1H3,(H,25,26,27). The molecule has 1 aromatic carbocycles. The minimum atomic E-state index is -3.45. The lowest BCUT2D eigenvalue weighted by molar-refractivity contribution is -0.0830. The molecule has 2 aliphatic heterocycles. The Morgan fingerprint density at radius 1 is 1.15 bits per heavy atom. The third kappa shape index (κ3) is 3.98. The van der Waals surface area contributed by atoms with Gasteiger partial charge in [0.25, 0.3) is 0 Å². The number of aromatic nitrogens is 3. The smallest absolute Gasteiger partial charge is 0.320 e. The Labute approximate surface area is 197 Å². The second-order valence-electron chi connectivity index (χ2n) is 10.5. The topological polar surface area (TPSA) is 108 Å². The van der Waals surface area contributed by atoms with Crippen molar-refractivity contribution in [3.63, 3.8) is 0 Å². The van der Waals surface area contributed by atoms with Crippen LogP contribution < -0.4 is 0 Å². The average molecular weight is 490 g/mol. The van der Waals surface area contributed by atoms with Crippen molar-refractivity contribution in [3.8, 4) is 0 Å². The maximum Gasteiger partial charge on any atom is 0.320 e. The second kappa shape index (κ2) is 7.74. The summed E-state index contributed by atoms with van der Waals surface area (Å²) in [6, 6.07) is 3.87. The van der Waals surface area contributed by atoms with Gasteiger partial charge in [-0.2, -0.15) is 0 Å². The van der Waals surface area contributed by atoms with E-state index in [9.17, 15) is 17.6 Å². The Morgan fingerprint density at radius 3 is 2.44 bits per heavy atom. The van der Waals surface area contributed by atoms with Crippen LogP contribution in [0.5, 0.6) is 0 Å². The summed E-state index contributed by atoms with van der Waals surface area (Å²) in [5.41, 5.74) is 0.529. The van der Waals surface area contributed by atoms with Gasteiger partial charge in [-0.15, -0.1) is 10.2 Å². The molecule has 4 fully saturated rings. The quantitative estimate of drug-likeness (QED) is 0.668. The van der Waals surface area contributed by atoms with E-state index in [1.807, 2.05) is 4.90 Å². The summed E-state index contributed by atoms with van der Waals surface area (Å²) < 4.78 is 43.0. The number of H-pyrrole nitrogens is 1. The number of hydrogen-bond donors (Lipinski definition) is 1. The number of nitrogens with zero attached hydrogens (tertiary/aromatic N) is 4. The number of rotatable bonds is 6. The van der Waals surface area contributed by atoms with Crippen molar-refractivity contribution in [1.29, 1.82) is 0 Å². The molecule has 9 nitrogen and oxygen atoms in total. The number of carbonyl (C=O) groups excluding carboxylic acids is 1. The Morgan fingerprint density at radius 2 is 1.82 bits per heavy atom. The first-order valence-electron chi connectivity index (χ1n) is 11.8. The van der Waals surface area contributed by atoms with Gasteiger partial charge in [-0.1, -0.05) is 6.07 Å². The molecule has 6 rings (SSSR count). The van der Waals surface area contributed by atoms with Gasteiger partial charge >= 0.3 is 6.03 Å². The highest BCUT2D eigenvalue weighted by Crippen LogP contribution is 2.55. The van der Waals surface area contributed by atoms with Crippen LogP contribution in [0, 0.1) is 11.2 Å². The Balaban J connectivity index is 0.927. The number of amides is 2. The molecule has 0 radical (unpaired) electrons. The van der Waals surface area contributed by atoms with Gasteiger partial charge in [-0.05, 0) is 37.8 Å². The number of ether oxygens (including phenoxy) is 1. The Bertz CT molecular complexity index is 1220. The molecule has 0 bridgehead atoms. The lowest BCUT2D eigenvalue weighted by Crippen LogP contribution is -2.68. The number of hydrogen-bond acceptors (Lipinski definition) is 6. The highest BCUT2D eigenvalue weighted by atomic mass is 32.2. The minimum absolute atomic E-state index is 0.0355. The molecule has 3 heterocycles. The van der Waals surface area contributed by atoms with Gasteiger partial charge in [0.05, 0.1) is 30.7 Å². The normalized spacial score (nSPS) is 22.4. The van der Waals surface area contributed by atoms with Crippen molar-refractivity contribution in [1.82, 2.24) is 25.0 Å². The van der Waals surface area contributed by atoms with Crippen LogP contribution >= 0.6 is 0 Å². The number of carbonyl (C=O) groups is 1. The summed E-state index contributed by atoms with van der Waals surface area (Å²) in [6.07, 6.45) is 5.41. The van der Waals surface area contributed by atoms with Crippen LogP contribution in [0.25, 0.3) is 0 Å². The van der Waals surface area contributed by atoms with Crippen LogP contribution in [-0.2, 0) is 21.2 Å². The fourth-order valence-electron chi connectivity index (χ4n) is 5.33. The van der Waals surface area contributed by atoms with Gasteiger partial charge in [0.1, 0.15) is 17.5 Å². The average Bonchev–Trinajstić information content (AvgIpc) is 3.43. The van der Waals surface area contributed by atoms with E-state index < -0.39 is 15.7 Å². The SMILES string of the molecule is CS(=O)(=O)c1ccc(COC2CN(C(=O)N3CC4(CC(c5nnc(C6CC6)[nH]5)C4)C3)C2)c(F)c1. The van der Waals surface area contributed by atoms with E-state index in [-0.39, 0.29) is 29.1 Å². The molecule has 182 valence electrons. The van der Waals surface area contributed by atoms with E-state index >= 15 is 0 Å². The largest absolute Gasteiger partial charge is 0.370 e. The van der Waals surface area contributed by atoms with Gasteiger partial charge in [0.2, 0.25) is 0 Å². The zero-order chi connectivity index (χ0) is 23.7. The van der Waals surface area contributed by atoms with Crippen LogP contribution in [0.3, 0.4) is 0 Å². The number of nitrogens with one attached hydrogen (secondary N) is 1. The highest BCUT2D eigenvalue weighted by molar-refractivity contribution is 7.90. The molecule has 0 unspecified atom stereocenters. The molecular weight excluding hydrogens is 461 g/mol. The van der Waals surface area contributed by atoms with Gasteiger partial charge in [0, 0.05) is 42.2 Å². The van der Waals surface area contributed by atoms with E-state index in [2.05, 4.69) is 15.2 Å². The zero-order valence-electron chi connectivity index (χ0n) is 19.0. The summed E-state index contributed by atoms with van der Waals surface area (Å²) in [4.78, 5) is 19.7. The number of halogens is 1. The molecule has 2 saturated heterocycles. The van der Waals surface area contributed by atoms with Gasteiger partial charge in [-0.3, -0.25) is 0 Å². The number of aromatic amines is 1. The maximum absolute atomic E-state index is 14.2. The van der Waals surface area contributed by atoms with E-state index in [0.29, 0.717) is 30.5 Å². The van der Waals surface area contributed by atoms with Crippen LogP contribution in [0.4, 0.5) is 9.18 Å². The number of urea groups is 1. The molecule has 2 aromatic rings. The fourth-order valence-corrected chi connectivity index (χ4v) is 5.96. The first-order chi connectivity index (χ1) is 16.2. The third-order valence-corrected chi connectivity index (χ3v) is 8.71. The first-order valence-corrected chi connectivity index (χ1v) is 13.6. The molecule has 0 atom stereocenters. The third-order valence-electron chi connectivity index (χ3n) is 7.60. The van der Waals surface area contributed by atoms with Gasteiger partial charge in [0.15, 0.2) is 9.84 Å². The lowest BCUT2D eigenvalue weighted by atomic mass is 9.57. The predicted molar refractivity (Wildman–Crippen MR) is 119 cm³/mol. The highest BCUT2D eigenvalue weighted by Gasteiger charge is 2.56. The van der Waals surface area contributed by atoms with Crippen molar-refractivity contribution in [2.75, 3.05) is 32.4 Å². The summed E-state index contributed by atoms with van der Waals surface area (Å²) in [5.74, 6) is 2.43. The Hall–Kier alpha value is -2.53.